The molecule has 0 aromatic heterocycles. The zero-order valence-corrected chi connectivity index (χ0v) is 11.1. The number of likely N-dealkylation sites (N-methyl/N-ethyl adjacent to an activating group) is 1. The van der Waals surface area contributed by atoms with Crippen LogP contribution in [0.3, 0.4) is 0 Å². The molecule has 0 spiro atoms. The number of nitrogens with one attached hydrogen (secondary N) is 1. The van der Waals surface area contributed by atoms with Crippen molar-refractivity contribution >= 4 is 6.08 Å². The quantitative estimate of drug-likeness (QED) is 0.816. The fourth-order valence-corrected chi connectivity index (χ4v) is 1.70. The van der Waals surface area contributed by atoms with Crippen LogP contribution in [0.15, 0.2) is 23.8 Å². The van der Waals surface area contributed by atoms with Gasteiger partial charge in [0.1, 0.15) is 5.82 Å². The van der Waals surface area contributed by atoms with Gasteiger partial charge in [-0.3, -0.25) is 0 Å². The van der Waals surface area contributed by atoms with Crippen molar-refractivity contribution < 1.29 is 17.6 Å². The monoisotopic (exact) mass is 275 g/mol. The van der Waals surface area contributed by atoms with E-state index in [1.54, 1.807) is 13.1 Å². The highest BCUT2D eigenvalue weighted by Gasteiger charge is 2.31. The Kier molecular flexibility index (Phi) is 5.11. The number of hydrogen-bond acceptors (Lipinski definition) is 1. The Labute approximate surface area is 110 Å². The van der Waals surface area contributed by atoms with Crippen LogP contribution in [0.5, 0.6) is 0 Å². The van der Waals surface area contributed by atoms with E-state index >= 15 is 0 Å². The van der Waals surface area contributed by atoms with E-state index in [0.29, 0.717) is 12.6 Å². The molecular formula is C14H17F4N. The molecule has 0 saturated heterocycles. The first-order chi connectivity index (χ1) is 8.74. The van der Waals surface area contributed by atoms with Gasteiger partial charge < -0.3 is 5.32 Å². The maximum Gasteiger partial charge on any atom is 0.416 e. The summed E-state index contributed by atoms with van der Waals surface area (Å²) in [7, 11) is 1.75. The summed E-state index contributed by atoms with van der Waals surface area (Å²) in [6.45, 7) is 4.43. The lowest BCUT2D eigenvalue weighted by Crippen LogP contribution is -2.14. The fourth-order valence-electron chi connectivity index (χ4n) is 1.70. The predicted octanol–water partition coefficient (Wildman–Crippen LogP) is 4.10. The molecule has 0 radical (unpaired) electrons. The van der Waals surface area contributed by atoms with Crippen molar-refractivity contribution in [1.82, 2.24) is 5.32 Å². The normalized spacial score (nSPS) is 13.2. The molecule has 0 saturated carbocycles. The summed E-state index contributed by atoms with van der Waals surface area (Å²) in [5.74, 6) is -0.710. The maximum absolute atomic E-state index is 13.3. The number of halogens is 4. The van der Waals surface area contributed by atoms with E-state index in [4.69, 9.17) is 0 Å². The summed E-state index contributed by atoms with van der Waals surface area (Å²) < 4.78 is 51.0. The summed E-state index contributed by atoms with van der Waals surface area (Å²) in [6.07, 6.45) is -2.94. The number of hydrogen-bond donors (Lipinski definition) is 1. The average Bonchev–Trinajstić information content (AvgIpc) is 2.26. The predicted molar refractivity (Wildman–Crippen MR) is 68.1 cm³/mol. The average molecular weight is 275 g/mol. The van der Waals surface area contributed by atoms with E-state index in [1.807, 2.05) is 13.8 Å². The molecule has 19 heavy (non-hydrogen) atoms. The van der Waals surface area contributed by atoms with Gasteiger partial charge in [-0.25, -0.2) is 4.39 Å². The molecule has 1 N–H and O–H groups in total. The standard InChI is InChI=1S/C14H17F4N/c1-9(2)11(8-19-3)4-10-5-12(14(16,17)18)7-13(15)6-10/h4-7,9,19H,8H2,1-3H3/b11-4-. The smallest absolute Gasteiger partial charge is 0.316 e. The molecule has 1 aromatic carbocycles. The van der Waals surface area contributed by atoms with E-state index in [0.717, 1.165) is 17.7 Å². The van der Waals surface area contributed by atoms with Gasteiger partial charge in [-0.05, 0) is 36.7 Å². The Morgan fingerprint density at radius 2 is 1.89 bits per heavy atom. The molecule has 0 aliphatic heterocycles. The largest absolute Gasteiger partial charge is 0.416 e. The molecule has 1 rings (SSSR count). The van der Waals surface area contributed by atoms with E-state index < -0.39 is 17.6 Å². The third-order valence-corrected chi connectivity index (χ3v) is 2.72. The molecule has 0 aliphatic carbocycles. The Balaban J connectivity index is 3.20. The molecule has 0 fully saturated rings. The summed E-state index contributed by atoms with van der Waals surface area (Å²) in [4.78, 5) is 0. The van der Waals surface area contributed by atoms with Crippen molar-refractivity contribution in [3.63, 3.8) is 0 Å². The van der Waals surface area contributed by atoms with Gasteiger partial charge in [0.25, 0.3) is 0 Å². The maximum atomic E-state index is 13.3. The van der Waals surface area contributed by atoms with Crippen LogP contribution >= 0.6 is 0 Å². The Bertz CT molecular complexity index is 461. The molecule has 0 amide bonds. The van der Waals surface area contributed by atoms with Crippen LogP contribution < -0.4 is 5.32 Å². The number of alkyl halides is 3. The minimum Gasteiger partial charge on any atom is -0.316 e. The molecule has 0 heterocycles. The zero-order chi connectivity index (χ0) is 14.6. The van der Waals surface area contributed by atoms with Crippen LogP contribution in [0.25, 0.3) is 6.08 Å². The summed E-state index contributed by atoms with van der Waals surface area (Å²) in [6, 6.07) is 2.57. The molecular weight excluding hydrogens is 258 g/mol. The van der Waals surface area contributed by atoms with Crippen molar-refractivity contribution in [1.29, 1.82) is 0 Å². The molecule has 1 aromatic rings. The van der Waals surface area contributed by atoms with Crippen LogP contribution in [0.1, 0.15) is 25.0 Å². The Morgan fingerprint density at radius 3 is 2.37 bits per heavy atom. The van der Waals surface area contributed by atoms with Crippen LogP contribution in [0.2, 0.25) is 0 Å². The van der Waals surface area contributed by atoms with Gasteiger partial charge >= 0.3 is 6.18 Å². The number of rotatable bonds is 4. The van der Waals surface area contributed by atoms with Crippen LogP contribution in [-0.4, -0.2) is 13.6 Å². The summed E-state index contributed by atoms with van der Waals surface area (Å²) >= 11 is 0. The van der Waals surface area contributed by atoms with Gasteiger partial charge in [0.05, 0.1) is 5.56 Å². The van der Waals surface area contributed by atoms with Crippen molar-refractivity contribution in [2.24, 2.45) is 5.92 Å². The molecule has 0 bridgehead atoms. The highest BCUT2D eigenvalue weighted by atomic mass is 19.4. The second kappa shape index (κ2) is 6.19. The minimum atomic E-state index is -4.54. The van der Waals surface area contributed by atoms with Crippen LogP contribution in [0, 0.1) is 11.7 Å². The van der Waals surface area contributed by atoms with Crippen LogP contribution in [0.4, 0.5) is 17.6 Å². The summed E-state index contributed by atoms with van der Waals surface area (Å²) in [5, 5.41) is 2.94. The van der Waals surface area contributed by atoms with Crippen molar-refractivity contribution in [2.75, 3.05) is 13.6 Å². The Hall–Kier alpha value is -1.36. The van der Waals surface area contributed by atoms with Crippen molar-refractivity contribution in [3.8, 4) is 0 Å². The topological polar surface area (TPSA) is 12.0 Å². The molecule has 0 aliphatic rings. The van der Waals surface area contributed by atoms with Crippen molar-refractivity contribution in [2.45, 2.75) is 20.0 Å². The van der Waals surface area contributed by atoms with Gasteiger partial charge in [-0.15, -0.1) is 0 Å². The Morgan fingerprint density at radius 1 is 1.26 bits per heavy atom. The van der Waals surface area contributed by atoms with Gasteiger partial charge in [0.2, 0.25) is 0 Å². The second-order valence-corrected chi connectivity index (χ2v) is 4.68. The third kappa shape index (κ3) is 4.67. The van der Waals surface area contributed by atoms with Gasteiger partial charge in [-0.2, -0.15) is 13.2 Å². The van der Waals surface area contributed by atoms with E-state index in [2.05, 4.69) is 5.32 Å². The molecule has 0 unspecified atom stereocenters. The second-order valence-electron chi connectivity index (χ2n) is 4.68. The van der Waals surface area contributed by atoms with Gasteiger partial charge in [0, 0.05) is 6.54 Å². The number of benzene rings is 1. The summed E-state index contributed by atoms with van der Waals surface area (Å²) in [5.41, 5.74) is 0.179. The highest BCUT2D eigenvalue weighted by molar-refractivity contribution is 5.55. The first-order valence-corrected chi connectivity index (χ1v) is 5.97. The van der Waals surface area contributed by atoms with E-state index in [1.165, 1.54) is 0 Å². The molecule has 1 nitrogen and oxygen atoms in total. The van der Waals surface area contributed by atoms with E-state index in [9.17, 15) is 17.6 Å². The first-order valence-electron chi connectivity index (χ1n) is 5.97. The van der Waals surface area contributed by atoms with Gasteiger partial charge in [0.15, 0.2) is 0 Å². The van der Waals surface area contributed by atoms with Crippen LogP contribution in [-0.2, 0) is 6.18 Å². The lowest BCUT2D eigenvalue weighted by Gasteiger charge is -2.12. The minimum absolute atomic E-state index is 0.171. The first kappa shape index (κ1) is 15.7. The molecule has 0 atom stereocenters. The van der Waals surface area contributed by atoms with Crippen molar-refractivity contribution in [3.05, 3.63) is 40.7 Å². The molecule has 106 valence electrons. The SMILES string of the molecule is CNC/C(=C/c1cc(F)cc(C(F)(F)F)c1)C(C)C. The zero-order valence-electron chi connectivity index (χ0n) is 11.1. The highest BCUT2D eigenvalue weighted by Crippen LogP contribution is 2.31. The lowest BCUT2D eigenvalue weighted by molar-refractivity contribution is -0.137. The fraction of sp³-hybridized carbons (Fsp3) is 0.429. The van der Waals surface area contributed by atoms with Gasteiger partial charge in [-0.1, -0.05) is 25.5 Å². The molecule has 5 heteroatoms. The third-order valence-electron chi connectivity index (χ3n) is 2.72. The van der Waals surface area contributed by atoms with E-state index in [-0.39, 0.29) is 11.5 Å². The lowest BCUT2D eigenvalue weighted by atomic mass is 9.99.